The first-order chi connectivity index (χ1) is 12.3. The second-order valence-corrected chi connectivity index (χ2v) is 6.21. The lowest BCUT2D eigenvalue weighted by atomic mass is 10.2. The van der Waals surface area contributed by atoms with E-state index in [0.29, 0.717) is 23.3 Å². The Bertz CT molecular complexity index is 832. The van der Waals surface area contributed by atoms with E-state index in [2.05, 4.69) is 29.9 Å². The van der Waals surface area contributed by atoms with Crippen LogP contribution >= 0.6 is 11.6 Å². The first-order valence-electron chi connectivity index (χ1n) is 8.11. The highest BCUT2D eigenvalue weighted by atomic mass is 35.5. The normalized spacial score (nSPS) is 15.5. The summed E-state index contributed by atoms with van der Waals surface area (Å²) in [5, 5.41) is 4.66. The molecule has 3 aromatic rings. The number of aromatic nitrogens is 4. The number of hydrogen-bond acceptors (Lipinski definition) is 7. The van der Waals surface area contributed by atoms with Crippen LogP contribution in [0.5, 0.6) is 0 Å². The Labute approximate surface area is 150 Å². The predicted molar refractivity (Wildman–Crippen MR) is 94.3 cm³/mol. The molecule has 128 valence electrons. The Kier molecular flexibility index (Phi) is 4.58. The molecule has 8 heteroatoms. The topological polar surface area (TPSA) is 71.2 Å². The molecule has 0 N–H and O–H groups in total. The summed E-state index contributed by atoms with van der Waals surface area (Å²) in [4.78, 5) is 17.5. The number of piperazine rings is 1. The van der Waals surface area contributed by atoms with Crippen molar-refractivity contribution in [3.05, 3.63) is 53.6 Å². The molecule has 7 nitrogen and oxygen atoms in total. The van der Waals surface area contributed by atoms with E-state index in [4.69, 9.17) is 16.1 Å². The van der Waals surface area contributed by atoms with Gasteiger partial charge in [-0.3, -0.25) is 4.90 Å². The van der Waals surface area contributed by atoms with Gasteiger partial charge in [-0.1, -0.05) is 28.9 Å². The zero-order valence-corrected chi connectivity index (χ0v) is 14.3. The smallest absolute Gasteiger partial charge is 0.241 e. The van der Waals surface area contributed by atoms with Crippen LogP contribution in [0.25, 0.3) is 11.4 Å². The zero-order chi connectivity index (χ0) is 17.1. The lowest BCUT2D eigenvalue weighted by Crippen LogP contribution is -2.46. The monoisotopic (exact) mass is 356 g/mol. The van der Waals surface area contributed by atoms with Gasteiger partial charge in [-0.15, -0.1) is 0 Å². The molecule has 0 amide bonds. The van der Waals surface area contributed by atoms with Crippen LogP contribution in [0.1, 0.15) is 5.89 Å². The molecule has 0 bridgehead atoms. The molecule has 1 aliphatic rings. The van der Waals surface area contributed by atoms with Crippen molar-refractivity contribution < 1.29 is 4.52 Å². The van der Waals surface area contributed by atoms with Gasteiger partial charge in [-0.2, -0.15) is 4.98 Å². The van der Waals surface area contributed by atoms with Gasteiger partial charge in [0.25, 0.3) is 0 Å². The van der Waals surface area contributed by atoms with Crippen molar-refractivity contribution >= 4 is 17.5 Å². The Morgan fingerprint density at radius 2 is 1.76 bits per heavy atom. The van der Waals surface area contributed by atoms with E-state index in [-0.39, 0.29) is 0 Å². The highest BCUT2D eigenvalue weighted by molar-refractivity contribution is 6.33. The van der Waals surface area contributed by atoms with Crippen LogP contribution in [0.2, 0.25) is 5.02 Å². The van der Waals surface area contributed by atoms with Crippen LogP contribution in [-0.2, 0) is 6.54 Å². The third-order valence-electron chi connectivity index (χ3n) is 4.15. The van der Waals surface area contributed by atoms with E-state index in [1.165, 1.54) is 0 Å². The van der Waals surface area contributed by atoms with E-state index < -0.39 is 0 Å². The molecule has 0 spiro atoms. The molecule has 0 atom stereocenters. The second-order valence-electron chi connectivity index (χ2n) is 5.80. The minimum atomic E-state index is 0.525. The van der Waals surface area contributed by atoms with Gasteiger partial charge >= 0.3 is 0 Å². The number of hydrogen-bond donors (Lipinski definition) is 0. The van der Waals surface area contributed by atoms with E-state index >= 15 is 0 Å². The SMILES string of the molecule is Clc1ccccc1-c1noc(CN2CCN(c3ncccn3)CC2)n1. The number of nitrogens with zero attached hydrogens (tertiary/aromatic N) is 6. The second kappa shape index (κ2) is 7.16. The molecule has 1 aliphatic heterocycles. The molecule has 2 aromatic heterocycles. The summed E-state index contributed by atoms with van der Waals surface area (Å²) in [6, 6.07) is 9.31. The molecule has 0 saturated carbocycles. The van der Waals surface area contributed by atoms with E-state index in [1.807, 2.05) is 30.3 Å². The predicted octanol–water partition coefficient (Wildman–Crippen LogP) is 2.50. The quantitative estimate of drug-likeness (QED) is 0.711. The third kappa shape index (κ3) is 3.62. The van der Waals surface area contributed by atoms with Gasteiger partial charge in [-0.05, 0) is 18.2 Å². The Hall–Kier alpha value is -2.51. The number of rotatable bonds is 4. The van der Waals surface area contributed by atoms with Crippen molar-refractivity contribution in [2.24, 2.45) is 0 Å². The molecular weight excluding hydrogens is 340 g/mol. The molecule has 0 aliphatic carbocycles. The van der Waals surface area contributed by atoms with Crippen LogP contribution in [0.3, 0.4) is 0 Å². The fraction of sp³-hybridized carbons (Fsp3) is 0.294. The van der Waals surface area contributed by atoms with Crippen molar-refractivity contribution in [2.75, 3.05) is 31.1 Å². The lowest BCUT2D eigenvalue weighted by Gasteiger charge is -2.33. The van der Waals surface area contributed by atoms with Gasteiger partial charge < -0.3 is 9.42 Å². The zero-order valence-electron chi connectivity index (χ0n) is 13.5. The van der Waals surface area contributed by atoms with E-state index in [9.17, 15) is 0 Å². The van der Waals surface area contributed by atoms with Gasteiger partial charge in [0.05, 0.1) is 11.6 Å². The van der Waals surface area contributed by atoms with Crippen molar-refractivity contribution in [2.45, 2.75) is 6.54 Å². The summed E-state index contributed by atoms with van der Waals surface area (Å²) in [6.07, 6.45) is 3.53. The molecule has 0 unspecified atom stereocenters. The molecule has 3 heterocycles. The fourth-order valence-corrected chi connectivity index (χ4v) is 3.04. The van der Waals surface area contributed by atoms with Crippen molar-refractivity contribution in [1.29, 1.82) is 0 Å². The van der Waals surface area contributed by atoms with Gasteiger partial charge in [0, 0.05) is 44.1 Å². The third-order valence-corrected chi connectivity index (χ3v) is 4.48. The number of anilines is 1. The first-order valence-corrected chi connectivity index (χ1v) is 8.49. The van der Waals surface area contributed by atoms with Gasteiger partial charge in [0.1, 0.15) is 0 Å². The van der Waals surface area contributed by atoms with Gasteiger partial charge in [0.15, 0.2) is 0 Å². The molecule has 25 heavy (non-hydrogen) atoms. The van der Waals surface area contributed by atoms with Gasteiger partial charge in [-0.25, -0.2) is 9.97 Å². The lowest BCUT2D eigenvalue weighted by molar-refractivity contribution is 0.214. The molecule has 1 aromatic carbocycles. The van der Waals surface area contributed by atoms with Gasteiger partial charge in [0.2, 0.25) is 17.7 Å². The first kappa shape index (κ1) is 16.0. The maximum atomic E-state index is 6.18. The standard InChI is InChI=1S/C17H17ClN6O/c18-14-5-2-1-4-13(14)16-21-15(25-22-16)12-23-8-10-24(11-9-23)17-19-6-3-7-20-17/h1-7H,8-12H2. The molecular formula is C17H17ClN6O. The number of benzene rings is 1. The Balaban J connectivity index is 1.37. The minimum Gasteiger partial charge on any atom is -0.338 e. The summed E-state index contributed by atoms with van der Waals surface area (Å²) in [5.41, 5.74) is 0.783. The molecule has 1 fully saturated rings. The summed E-state index contributed by atoms with van der Waals surface area (Å²) < 4.78 is 5.39. The van der Waals surface area contributed by atoms with E-state index in [1.54, 1.807) is 12.4 Å². The van der Waals surface area contributed by atoms with Crippen LogP contribution in [0, 0.1) is 0 Å². The molecule has 4 rings (SSSR count). The highest BCUT2D eigenvalue weighted by Gasteiger charge is 2.21. The number of halogens is 1. The molecule has 0 radical (unpaired) electrons. The average Bonchev–Trinajstić information content (AvgIpc) is 3.12. The summed E-state index contributed by atoms with van der Waals surface area (Å²) >= 11 is 6.18. The summed E-state index contributed by atoms with van der Waals surface area (Å²) in [7, 11) is 0. The van der Waals surface area contributed by atoms with Crippen LogP contribution in [0.4, 0.5) is 5.95 Å². The van der Waals surface area contributed by atoms with E-state index in [0.717, 1.165) is 37.7 Å². The maximum Gasteiger partial charge on any atom is 0.241 e. The minimum absolute atomic E-state index is 0.525. The largest absolute Gasteiger partial charge is 0.338 e. The Morgan fingerprint density at radius 1 is 1.00 bits per heavy atom. The average molecular weight is 357 g/mol. The van der Waals surface area contributed by atoms with Crippen molar-refractivity contribution in [1.82, 2.24) is 25.0 Å². The molecule has 1 saturated heterocycles. The van der Waals surface area contributed by atoms with Crippen LogP contribution in [0.15, 0.2) is 47.2 Å². The van der Waals surface area contributed by atoms with Crippen LogP contribution < -0.4 is 4.90 Å². The van der Waals surface area contributed by atoms with Crippen LogP contribution in [-0.4, -0.2) is 51.2 Å². The Morgan fingerprint density at radius 3 is 2.52 bits per heavy atom. The maximum absolute atomic E-state index is 6.18. The summed E-state index contributed by atoms with van der Waals surface area (Å²) in [5.74, 6) is 1.90. The van der Waals surface area contributed by atoms with Crippen molar-refractivity contribution in [3.8, 4) is 11.4 Å². The summed E-state index contributed by atoms with van der Waals surface area (Å²) in [6.45, 7) is 4.15. The van der Waals surface area contributed by atoms with Crippen molar-refractivity contribution in [3.63, 3.8) is 0 Å². The highest BCUT2D eigenvalue weighted by Crippen LogP contribution is 2.25. The fourth-order valence-electron chi connectivity index (χ4n) is 2.82.